The molecule has 0 aliphatic heterocycles. The van der Waals surface area contributed by atoms with E-state index in [9.17, 15) is 13.6 Å². The van der Waals surface area contributed by atoms with E-state index in [1.165, 1.54) is 18.2 Å². The summed E-state index contributed by atoms with van der Waals surface area (Å²) < 4.78 is 27.5. The lowest BCUT2D eigenvalue weighted by molar-refractivity contribution is 0.112. The van der Waals surface area contributed by atoms with Gasteiger partial charge in [0.05, 0.1) is 5.56 Å². The first-order chi connectivity index (χ1) is 9.70. The van der Waals surface area contributed by atoms with E-state index in [4.69, 9.17) is 0 Å². The molecular weight excluding hydrogens is 258 g/mol. The number of halogens is 2. The van der Waals surface area contributed by atoms with Gasteiger partial charge >= 0.3 is 0 Å². The number of hydrogen-bond donors (Lipinski definition) is 0. The van der Waals surface area contributed by atoms with E-state index in [1.807, 2.05) is 0 Å². The van der Waals surface area contributed by atoms with Crippen molar-refractivity contribution in [2.45, 2.75) is 0 Å². The Bertz CT molecular complexity index is 809. The molecule has 0 N–H and O–H groups in total. The fraction of sp³-hybridized carbons (Fsp3) is 0. The van der Waals surface area contributed by atoms with Crippen LogP contribution in [-0.4, -0.2) is 6.29 Å². The Morgan fingerprint density at radius 1 is 0.800 bits per heavy atom. The largest absolute Gasteiger partial charge is 0.298 e. The summed E-state index contributed by atoms with van der Waals surface area (Å²) in [7, 11) is 0. The van der Waals surface area contributed by atoms with Crippen molar-refractivity contribution in [3.8, 4) is 11.1 Å². The predicted octanol–water partition coefficient (Wildman–Crippen LogP) is 4.60. The van der Waals surface area contributed by atoms with Crippen LogP contribution < -0.4 is 0 Å². The van der Waals surface area contributed by atoms with Gasteiger partial charge in [0.15, 0.2) is 6.29 Å². The average molecular weight is 268 g/mol. The Morgan fingerprint density at radius 3 is 2.25 bits per heavy atom. The van der Waals surface area contributed by atoms with Crippen molar-refractivity contribution >= 4 is 17.1 Å². The second kappa shape index (κ2) is 4.85. The van der Waals surface area contributed by atoms with Crippen molar-refractivity contribution < 1.29 is 13.6 Å². The van der Waals surface area contributed by atoms with E-state index in [-0.39, 0.29) is 11.4 Å². The first kappa shape index (κ1) is 12.5. The van der Waals surface area contributed by atoms with E-state index >= 15 is 0 Å². The number of rotatable bonds is 2. The molecule has 0 aliphatic rings. The first-order valence-corrected chi connectivity index (χ1v) is 6.13. The minimum absolute atomic E-state index is 0.0140. The van der Waals surface area contributed by atoms with Crippen LogP contribution in [0.2, 0.25) is 0 Å². The van der Waals surface area contributed by atoms with Gasteiger partial charge < -0.3 is 0 Å². The molecule has 0 saturated carbocycles. The highest BCUT2D eigenvalue weighted by Crippen LogP contribution is 2.30. The van der Waals surface area contributed by atoms with Crippen molar-refractivity contribution in [2.24, 2.45) is 0 Å². The van der Waals surface area contributed by atoms with Gasteiger partial charge in [-0.05, 0) is 34.7 Å². The average Bonchev–Trinajstić information content (AvgIpc) is 2.48. The van der Waals surface area contributed by atoms with Crippen molar-refractivity contribution in [3.63, 3.8) is 0 Å². The lowest BCUT2D eigenvalue weighted by Crippen LogP contribution is -1.90. The fourth-order valence-corrected chi connectivity index (χ4v) is 2.30. The van der Waals surface area contributed by atoms with E-state index in [0.29, 0.717) is 22.6 Å². The number of fused-ring (bicyclic) bond motifs is 1. The van der Waals surface area contributed by atoms with Crippen LogP contribution in [0.5, 0.6) is 0 Å². The summed E-state index contributed by atoms with van der Waals surface area (Å²) in [6.07, 6.45) is 0.474. The molecule has 0 saturated heterocycles. The van der Waals surface area contributed by atoms with Gasteiger partial charge in [-0.2, -0.15) is 0 Å². The Kier molecular flexibility index (Phi) is 3.03. The van der Waals surface area contributed by atoms with Crippen molar-refractivity contribution in [1.29, 1.82) is 0 Å². The lowest BCUT2D eigenvalue weighted by Gasteiger charge is -2.08. The molecule has 0 bridgehead atoms. The van der Waals surface area contributed by atoms with Crippen molar-refractivity contribution in [3.05, 3.63) is 71.8 Å². The molecule has 98 valence electrons. The second-order valence-electron chi connectivity index (χ2n) is 4.49. The van der Waals surface area contributed by atoms with Crippen LogP contribution >= 0.6 is 0 Å². The molecular formula is C17H10F2O. The molecule has 0 spiro atoms. The molecule has 0 amide bonds. The monoisotopic (exact) mass is 268 g/mol. The minimum Gasteiger partial charge on any atom is -0.298 e. The fourth-order valence-electron chi connectivity index (χ4n) is 2.30. The third-order valence-corrected chi connectivity index (χ3v) is 3.31. The number of benzene rings is 3. The summed E-state index contributed by atoms with van der Waals surface area (Å²) in [6, 6.07) is 14.4. The zero-order valence-electron chi connectivity index (χ0n) is 10.4. The van der Waals surface area contributed by atoms with Gasteiger partial charge in [-0.3, -0.25) is 4.79 Å². The topological polar surface area (TPSA) is 17.1 Å². The molecule has 3 aromatic rings. The molecule has 0 aliphatic carbocycles. The minimum atomic E-state index is -0.578. The van der Waals surface area contributed by atoms with E-state index in [0.717, 1.165) is 5.56 Å². The second-order valence-corrected chi connectivity index (χ2v) is 4.49. The maximum atomic E-state index is 13.8. The normalized spacial score (nSPS) is 10.7. The van der Waals surface area contributed by atoms with Crippen molar-refractivity contribution in [1.82, 2.24) is 0 Å². The van der Waals surface area contributed by atoms with E-state index in [1.54, 1.807) is 36.4 Å². The molecule has 0 radical (unpaired) electrons. The Hall–Kier alpha value is -2.55. The van der Waals surface area contributed by atoms with Crippen LogP contribution in [-0.2, 0) is 0 Å². The standard InChI is InChI=1S/C17H10F2O/c18-16-8-7-13(14-3-1-2-4-15(14)16)11-5-6-12(10-20)17(19)9-11/h1-10H. The van der Waals surface area contributed by atoms with Gasteiger partial charge in [-0.25, -0.2) is 8.78 Å². The van der Waals surface area contributed by atoms with Crippen LogP contribution in [0.4, 0.5) is 8.78 Å². The zero-order valence-corrected chi connectivity index (χ0v) is 10.4. The number of carbonyl (C=O) groups is 1. The van der Waals surface area contributed by atoms with Gasteiger partial charge in [0.2, 0.25) is 0 Å². The maximum Gasteiger partial charge on any atom is 0.152 e. The molecule has 3 heteroatoms. The van der Waals surface area contributed by atoms with Crippen LogP contribution in [0, 0.1) is 11.6 Å². The molecule has 3 aromatic carbocycles. The molecule has 3 rings (SSSR count). The molecule has 20 heavy (non-hydrogen) atoms. The lowest BCUT2D eigenvalue weighted by atomic mass is 9.97. The molecule has 0 atom stereocenters. The Balaban J connectivity index is 2.27. The highest BCUT2D eigenvalue weighted by Gasteiger charge is 2.09. The Labute approximate surface area is 114 Å². The highest BCUT2D eigenvalue weighted by molar-refractivity contribution is 5.97. The van der Waals surface area contributed by atoms with Crippen LogP contribution in [0.1, 0.15) is 10.4 Å². The van der Waals surface area contributed by atoms with Crippen LogP contribution in [0.25, 0.3) is 21.9 Å². The van der Waals surface area contributed by atoms with Crippen LogP contribution in [0.3, 0.4) is 0 Å². The van der Waals surface area contributed by atoms with Gasteiger partial charge in [0.1, 0.15) is 11.6 Å². The summed E-state index contributed by atoms with van der Waals surface area (Å²) in [5.74, 6) is -0.889. The summed E-state index contributed by atoms with van der Waals surface area (Å²) in [5.41, 5.74) is 1.36. The van der Waals surface area contributed by atoms with Crippen LogP contribution in [0.15, 0.2) is 54.6 Å². The van der Waals surface area contributed by atoms with Gasteiger partial charge in [-0.15, -0.1) is 0 Å². The summed E-state index contributed by atoms with van der Waals surface area (Å²) in [4.78, 5) is 10.6. The number of hydrogen-bond acceptors (Lipinski definition) is 1. The third kappa shape index (κ3) is 1.97. The van der Waals surface area contributed by atoms with Gasteiger partial charge in [0.25, 0.3) is 0 Å². The number of carbonyl (C=O) groups excluding carboxylic acids is 1. The summed E-state index contributed by atoms with van der Waals surface area (Å²) >= 11 is 0. The summed E-state index contributed by atoms with van der Waals surface area (Å²) in [5, 5.41) is 1.20. The third-order valence-electron chi connectivity index (χ3n) is 3.31. The maximum absolute atomic E-state index is 13.8. The first-order valence-electron chi connectivity index (χ1n) is 6.13. The summed E-state index contributed by atoms with van der Waals surface area (Å²) in [6.45, 7) is 0. The molecule has 0 unspecified atom stereocenters. The van der Waals surface area contributed by atoms with E-state index in [2.05, 4.69) is 0 Å². The molecule has 0 fully saturated rings. The Morgan fingerprint density at radius 2 is 1.55 bits per heavy atom. The highest BCUT2D eigenvalue weighted by atomic mass is 19.1. The van der Waals surface area contributed by atoms with E-state index < -0.39 is 5.82 Å². The molecule has 1 nitrogen and oxygen atoms in total. The van der Waals surface area contributed by atoms with Gasteiger partial charge in [-0.1, -0.05) is 36.4 Å². The van der Waals surface area contributed by atoms with Gasteiger partial charge in [0, 0.05) is 5.39 Å². The zero-order chi connectivity index (χ0) is 14.1. The SMILES string of the molecule is O=Cc1ccc(-c2ccc(F)c3ccccc23)cc1F. The molecule has 0 aromatic heterocycles. The predicted molar refractivity (Wildman–Crippen MR) is 74.7 cm³/mol. The number of aldehydes is 1. The molecule has 0 heterocycles. The smallest absolute Gasteiger partial charge is 0.152 e. The quantitative estimate of drug-likeness (QED) is 0.621. The van der Waals surface area contributed by atoms with Crippen molar-refractivity contribution in [2.75, 3.05) is 0 Å².